The van der Waals surface area contributed by atoms with Crippen LogP contribution in [0.25, 0.3) is 0 Å². The van der Waals surface area contributed by atoms with Crippen molar-refractivity contribution in [2.75, 3.05) is 11.9 Å². The fourth-order valence-corrected chi connectivity index (χ4v) is 4.98. The summed E-state index contributed by atoms with van der Waals surface area (Å²) in [4.78, 5) is 42.9. The molecule has 6 heteroatoms. The van der Waals surface area contributed by atoms with Gasteiger partial charge in [0.25, 0.3) is 11.8 Å². The van der Waals surface area contributed by atoms with Crippen LogP contribution in [0.15, 0.2) is 47.7 Å². The molecular weight excluding hydrogens is 342 g/mol. The number of fused-ring (bicyclic) bond motifs is 4. The van der Waals surface area contributed by atoms with Crippen LogP contribution in [-0.4, -0.2) is 46.1 Å². The highest BCUT2D eigenvalue weighted by molar-refractivity contribution is 6.14. The number of amides is 3. The molecule has 1 N–H and O–H groups in total. The van der Waals surface area contributed by atoms with E-state index in [9.17, 15) is 14.4 Å². The van der Waals surface area contributed by atoms with Gasteiger partial charge in [-0.2, -0.15) is 0 Å². The Bertz CT molecular complexity index is 959. The summed E-state index contributed by atoms with van der Waals surface area (Å²) in [5.74, 6) is -0.401. The summed E-state index contributed by atoms with van der Waals surface area (Å²) >= 11 is 0. The average molecular weight is 363 g/mol. The first-order chi connectivity index (χ1) is 12.9. The Labute approximate surface area is 157 Å². The number of anilines is 1. The molecule has 1 aromatic carbocycles. The van der Waals surface area contributed by atoms with Gasteiger partial charge >= 0.3 is 0 Å². The Balaban J connectivity index is 1.76. The van der Waals surface area contributed by atoms with Gasteiger partial charge in [0.1, 0.15) is 17.2 Å². The lowest BCUT2D eigenvalue weighted by Gasteiger charge is -2.40. The van der Waals surface area contributed by atoms with Crippen molar-refractivity contribution in [3.05, 3.63) is 53.3 Å². The van der Waals surface area contributed by atoms with Crippen LogP contribution in [0.1, 0.15) is 32.3 Å². The normalized spacial score (nSPS) is 30.9. The number of para-hydroxylation sites is 1. The quantitative estimate of drug-likeness (QED) is 0.776. The second kappa shape index (κ2) is 5.31. The van der Waals surface area contributed by atoms with Gasteiger partial charge in [-0.3, -0.25) is 19.3 Å². The molecule has 138 valence electrons. The molecule has 4 heterocycles. The molecule has 2 fully saturated rings. The molecule has 4 aliphatic heterocycles. The standard InChI is InChI=1S/C21H21N3O3/c1-12(2)10-17-21(13-6-3-4-7-14(13)22-20(21)27)11-16-18(25)23-9-5-8-15(23)19(26)24(16)17/h3-4,6-7,10-11,15,17H,5,8-9H2,1-2H3,(H,22,27)/t15-,17-,21+/m0/s1. The van der Waals surface area contributed by atoms with E-state index >= 15 is 0 Å². The van der Waals surface area contributed by atoms with Crippen LogP contribution in [0.2, 0.25) is 0 Å². The van der Waals surface area contributed by atoms with E-state index in [4.69, 9.17) is 0 Å². The minimum atomic E-state index is -1.06. The Morgan fingerprint density at radius 2 is 2.00 bits per heavy atom. The van der Waals surface area contributed by atoms with Crippen LogP contribution in [0.5, 0.6) is 0 Å². The molecule has 1 spiro atoms. The van der Waals surface area contributed by atoms with E-state index in [0.29, 0.717) is 18.7 Å². The van der Waals surface area contributed by atoms with Gasteiger partial charge in [0.2, 0.25) is 5.91 Å². The molecule has 3 atom stereocenters. The molecular formula is C21H21N3O3. The van der Waals surface area contributed by atoms with E-state index < -0.39 is 17.5 Å². The van der Waals surface area contributed by atoms with Gasteiger partial charge in [-0.1, -0.05) is 29.8 Å². The minimum absolute atomic E-state index is 0.0742. The van der Waals surface area contributed by atoms with Gasteiger partial charge in [-0.25, -0.2) is 0 Å². The zero-order chi connectivity index (χ0) is 18.9. The number of nitrogens with one attached hydrogen (secondary N) is 1. The molecule has 1 aromatic rings. The third-order valence-corrected chi connectivity index (χ3v) is 6.11. The SMILES string of the molecule is CC(C)=C[C@@H]1N2C(=O)[C@@H]3CCCN3C(=O)C2=C[C@]12C(=O)Nc1ccccc12. The number of allylic oxidation sites excluding steroid dienone is 1. The van der Waals surface area contributed by atoms with Crippen molar-refractivity contribution in [3.63, 3.8) is 0 Å². The van der Waals surface area contributed by atoms with Gasteiger partial charge in [0.05, 0.1) is 6.04 Å². The van der Waals surface area contributed by atoms with Crippen LogP contribution < -0.4 is 5.32 Å². The lowest BCUT2D eigenvalue weighted by atomic mass is 9.75. The number of nitrogens with zero attached hydrogens (tertiary/aromatic N) is 2. The van der Waals surface area contributed by atoms with E-state index in [1.54, 1.807) is 15.9 Å². The Morgan fingerprint density at radius 1 is 1.22 bits per heavy atom. The van der Waals surface area contributed by atoms with Crippen LogP contribution >= 0.6 is 0 Å². The van der Waals surface area contributed by atoms with Crippen molar-refractivity contribution < 1.29 is 14.4 Å². The van der Waals surface area contributed by atoms with E-state index in [0.717, 1.165) is 23.2 Å². The maximum absolute atomic E-state index is 13.3. The molecule has 0 unspecified atom stereocenters. The summed E-state index contributed by atoms with van der Waals surface area (Å²) in [5.41, 5.74) is 1.84. The fraction of sp³-hybridized carbons (Fsp3) is 0.381. The monoisotopic (exact) mass is 363 g/mol. The van der Waals surface area contributed by atoms with Crippen molar-refractivity contribution in [1.29, 1.82) is 0 Å². The highest BCUT2D eigenvalue weighted by atomic mass is 16.2. The number of piperazine rings is 1. The number of carbonyl (C=O) groups is 3. The molecule has 0 aromatic heterocycles. The van der Waals surface area contributed by atoms with Crippen LogP contribution in [0, 0.1) is 0 Å². The molecule has 27 heavy (non-hydrogen) atoms. The Kier molecular flexibility index (Phi) is 3.21. The largest absolute Gasteiger partial charge is 0.325 e. The van der Waals surface area contributed by atoms with Crippen molar-refractivity contribution in [1.82, 2.24) is 9.80 Å². The molecule has 4 aliphatic rings. The summed E-state index contributed by atoms with van der Waals surface area (Å²) in [6.07, 6.45) is 5.20. The van der Waals surface area contributed by atoms with Crippen LogP contribution in [-0.2, 0) is 19.8 Å². The smallest absolute Gasteiger partial charge is 0.270 e. The van der Waals surface area contributed by atoms with Crippen LogP contribution in [0.4, 0.5) is 5.69 Å². The van der Waals surface area contributed by atoms with Crippen LogP contribution in [0.3, 0.4) is 0 Å². The topological polar surface area (TPSA) is 69.7 Å². The van der Waals surface area contributed by atoms with E-state index in [1.165, 1.54) is 0 Å². The Hall–Kier alpha value is -2.89. The molecule has 0 radical (unpaired) electrons. The lowest BCUT2D eigenvalue weighted by molar-refractivity contribution is -0.149. The number of hydrogen-bond acceptors (Lipinski definition) is 3. The fourth-order valence-electron chi connectivity index (χ4n) is 4.98. The molecule has 2 saturated heterocycles. The van der Waals surface area contributed by atoms with Crippen molar-refractivity contribution in [2.24, 2.45) is 0 Å². The summed E-state index contributed by atoms with van der Waals surface area (Å²) in [5, 5.41) is 2.95. The van der Waals surface area contributed by atoms with E-state index in [-0.39, 0.29) is 17.7 Å². The summed E-state index contributed by atoms with van der Waals surface area (Å²) < 4.78 is 0. The molecule has 3 amide bonds. The number of hydrogen-bond donors (Lipinski definition) is 1. The summed E-state index contributed by atoms with van der Waals surface area (Å²) in [6.45, 7) is 4.49. The maximum Gasteiger partial charge on any atom is 0.270 e. The van der Waals surface area contributed by atoms with Gasteiger partial charge in [0, 0.05) is 12.2 Å². The predicted molar refractivity (Wildman–Crippen MR) is 99.6 cm³/mol. The first-order valence-corrected chi connectivity index (χ1v) is 9.38. The second-order valence-corrected chi connectivity index (χ2v) is 7.95. The number of rotatable bonds is 1. The van der Waals surface area contributed by atoms with Crippen molar-refractivity contribution in [2.45, 2.75) is 44.2 Å². The minimum Gasteiger partial charge on any atom is -0.325 e. The van der Waals surface area contributed by atoms with Gasteiger partial charge in [-0.05, 0) is 44.4 Å². The number of benzene rings is 1. The third-order valence-electron chi connectivity index (χ3n) is 6.11. The highest BCUT2D eigenvalue weighted by Crippen LogP contribution is 2.51. The number of carbonyl (C=O) groups excluding carboxylic acids is 3. The maximum atomic E-state index is 13.3. The molecule has 6 nitrogen and oxygen atoms in total. The van der Waals surface area contributed by atoms with Crippen molar-refractivity contribution in [3.8, 4) is 0 Å². The van der Waals surface area contributed by atoms with Gasteiger partial charge < -0.3 is 10.2 Å². The average Bonchev–Trinajstić information content (AvgIpc) is 3.31. The van der Waals surface area contributed by atoms with Crippen molar-refractivity contribution >= 4 is 23.4 Å². The highest BCUT2D eigenvalue weighted by Gasteiger charge is 2.62. The first-order valence-electron chi connectivity index (χ1n) is 9.38. The molecule has 0 bridgehead atoms. The van der Waals surface area contributed by atoms with Gasteiger partial charge in [-0.15, -0.1) is 0 Å². The van der Waals surface area contributed by atoms with E-state index in [2.05, 4.69) is 5.32 Å². The van der Waals surface area contributed by atoms with E-state index in [1.807, 2.05) is 44.2 Å². The third kappa shape index (κ3) is 1.93. The lowest BCUT2D eigenvalue weighted by Crippen LogP contribution is -2.59. The van der Waals surface area contributed by atoms with Gasteiger partial charge in [0.15, 0.2) is 0 Å². The second-order valence-electron chi connectivity index (χ2n) is 7.95. The summed E-state index contributed by atoms with van der Waals surface area (Å²) in [6, 6.07) is 6.59. The molecule has 0 aliphatic carbocycles. The zero-order valence-electron chi connectivity index (χ0n) is 15.4. The predicted octanol–water partition coefficient (Wildman–Crippen LogP) is 1.94. The Morgan fingerprint density at radius 3 is 2.78 bits per heavy atom. The molecule has 5 rings (SSSR count). The first kappa shape index (κ1) is 16.3. The zero-order valence-corrected chi connectivity index (χ0v) is 15.4. The molecule has 0 saturated carbocycles. The summed E-state index contributed by atoms with van der Waals surface area (Å²) in [7, 11) is 0.